The van der Waals surface area contributed by atoms with Crippen LogP contribution in [0.4, 0.5) is 0 Å². The van der Waals surface area contributed by atoms with Crippen molar-refractivity contribution in [2.75, 3.05) is 45.8 Å². The molecule has 8 nitrogen and oxygen atoms in total. The van der Waals surface area contributed by atoms with E-state index in [-0.39, 0.29) is 49.5 Å². The van der Waals surface area contributed by atoms with E-state index in [9.17, 15) is 19.5 Å². The number of hydrogen-bond acceptors (Lipinski definition) is 4. The molecule has 2 N–H and O–H groups in total. The van der Waals surface area contributed by atoms with Crippen molar-refractivity contribution in [1.29, 1.82) is 0 Å². The zero-order chi connectivity index (χ0) is 39.2. The molecule has 0 aromatic heterocycles. The van der Waals surface area contributed by atoms with Crippen molar-refractivity contribution in [2.24, 2.45) is 5.92 Å². The Balaban J connectivity index is 0.00000600. The molecule has 6 rings (SSSR count). The van der Waals surface area contributed by atoms with Gasteiger partial charge in [0, 0.05) is 38.4 Å². The lowest BCUT2D eigenvalue weighted by molar-refractivity contribution is -0.932. The fourth-order valence-corrected chi connectivity index (χ4v) is 9.80. The molecule has 3 aliphatic rings. The number of piperidine rings is 1. The summed E-state index contributed by atoms with van der Waals surface area (Å²) in [7, 11) is 0. The molecule has 9 heteroatoms. The van der Waals surface area contributed by atoms with Crippen molar-refractivity contribution in [3.05, 3.63) is 106 Å². The molecule has 3 aliphatic heterocycles. The molecule has 3 aromatic rings. The van der Waals surface area contributed by atoms with Crippen LogP contribution in [0.25, 0.3) is 0 Å². The number of amides is 3. The second kappa shape index (κ2) is 19.1. The summed E-state index contributed by atoms with van der Waals surface area (Å²) in [4.78, 5) is 46.6. The average molecular weight is 786 g/mol. The van der Waals surface area contributed by atoms with Crippen LogP contribution in [0.5, 0.6) is 0 Å². The van der Waals surface area contributed by atoms with Crippen LogP contribution >= 0.6 is 0 Å². The van der Waals surface area contributed by atoms with Crippen LogP contribution in [0.15, 0.2) is 72.8 Å². The largest absolute Gasteiger partial charge is 1.00 e. The highest BCUT2D eigenvalue weighted by Crippen LogP contribution is 2.44. The molecule has 0 bridgehead atoms. The molecule has 0 radical (unpaired) electrons. The van der Waals surface area contributed by atoms with Gasteiger partial charge in [0.15, 0.2) is 0 Å². The SMILES string of the molecule is CCc1ccc(C(CC(=O)N2C[C@H](O)C[C@H]2C(=O)N2CCC[C@@H]2C(=O)NC[C@H]2CCC[N+](CC)(CC)C2)(c2ccc(CC)cc2)c2ccc(CC)cc2)cc1.[Cl-]. The molecule has 304 valence electrons. The summed E-state index contributed by atoms with van der Waals surface area (Å²) in [5, 5.41) is 14.3. The minimum atomic E-state index is -0.843. The first-order chi connectivity index (χ1) is 26.6. The predicted octanol–water partition coefficient (Wildman–Crippen LogP) is 3.44. The maximum atomic E-state index is 15.0. The average Bonchev–Trinajstić information content (AvgIpc) is 3.89. The standard InChI is InChI=1S/C47H64N4O4.ClH/c1-6-34-15-21-38(22-16-34)47(39-23-17-35(7-2)18-24-39,40-25-19-36(8-3)20-26-40)30-44(53)50-32-41(52)29-43(50)46(55)49-27-11-14-42(49)45(54)48-31-37-13-12-28-51(9-4,10-5)33-37;/h15-26,37,41-43,52H,6-14,27-33H2,1-5H3;1H/t37-,41-,42-,43+;/m1./s1. The van der Waals surface area contributed by atoms with Gasteiger partial charge in [-0.1, -0.05) is 93.6 Å². The van der Waals surface area contributed by atoms with Crippen LogP contribution in [0.2, 0.25) is 0 Å². The third-order valence-corrected chi connectivity index (χ3v) is 13.5. The number of aliphatic hydroxyl groups is 1. The number of aryl methyl sites for hydroxylation is 3. The van der Waals surface area contributed by atoms with Crippen molar-refractivity contribution in [1.82, 2.24) is 15.1 Å². The van der Waals surface area contributed by atoms with Crippen LogP contribution in [-0.4, -0.2) is 101 Å². The van der Waals surface area contributed by atoms with E-state index in [2.05, 4.69) is 113 Å². The number of β-amino-alcohol motifs (C(OH)–C–C–N with tert-alkyl or cyclic N) is 1. The number of nitrogens with one attached hydrogen (secondary N) is 1. The summed E-state index contributed by atoms with van der Waals surface area (Å²) in [6.07, 6.45) is 5.79. The molecule has 3 amide bonds. The van der Waals surface area contributed by atoms with Gasteiger partial charge in [0.05, 0.1) is 37.7 Å². The number of halogens is 1. The van der Waals surface area contributed by atoms with E-state index in [4.69, 9.17) is 0 Å². The summed E-state index contributed by atoms with van der Waals surface area (Å²) in [6, 6.07) is 24.4. The zero-order valence-electron chi connectivity index (χ0n) is 34.4. The van der Waals surface area contributed by atoms with Gasteiger partial charge in [0.25, 0.3) is 0 Å². The summed E-state index contributed by atoms with van der Waals surface area (Å²) >= 11 is 0. The molecular formula is C47H65ClN4O4. The minimum absolute atomic E-state index is 0. The first kappa shape index (κ1) is 43.4. The van der Waals surface area contributed by atoms with Gasteiger partial charge in [-0.05, 0) is 92.2 Å². The minimum Gasteiger partial charge on any atom is -1.00 e. The summed E-state index contributed by atoms with van der Waals surface area (Å²) in [6.45, 7) is 16.6. The third kappa shape index (κ3) is 9.03. The van der Waals surface area contributed by atoms with Gasteiger partial charge in [0.1, 0.15) is 12.1 Å². The lowest BCUT2D eigenvalue weighted by Crippen LogP contribution is -3.00. The molecule has 3 saturated heterocycles. The predicted molar refractivity (Wildman–Crippen MR) is 220 cm³/mol. The Hall–Kier alpha value is -3.72. The first-order valence-electron chi connectivity index (χ1n) is 21.3. The van der Waals surface area contributed by atoms with E-state index in [1.54, 1.807) is 9.80 Å². The van der Waals surface area contributed by atoms with Gasteiger partial charge in [-0.2, -0.15) is 0 Å². The molecule has 4 atom stereocenters. The van der Waals surface area contributed by atoms with Crippen LogP contribution in [0, 0.1) is 5.92 Å². The Morgan fingerprint density at radius 2 is 1.25 bits per heavy atom. The van der Waals surface area contributed by atoms with E-state index >= 15 is 0 Å². The second-order valence-electron chi connectivity index (χ2n) is 16.5. The number of hydrogen-bond donors (Lipinski definition) is 2. The highest BCUT2D eigenvalue weighted by molar-refractivity contribution is 5.93. The van der Waals surface area contributed by atoms with Crippen molar-refractivity contribution in [3.8, 4) is 0 Å². The maximum absolute atomic E-state index is 15.0. The molecule has 0 saturated carbocycles. The Kier molecular flexibility index (Phi) is 14.8. The quantitative estimate of drug-likeness (QED) is 0.194. The van der Waals surface area contributed by atoms with Crippen molar-refractivity contribution < 1.29 is 36.4 Å². The van der Waals surface area contributed by atoms with Gasteiger partial charge in [-0.15, -0.1) is 0 Å². The molecule has 0 aliphatic carbocycles. The Morgan fingerprint density at radius 1 is 0.732 bits per heavy atom. The van der Waals surface area contributed by atoms with Crippen molar-refractivity contribution in [2.45, 2.75) is 116 Å². The number of carbonyl (C=O) groups excluding carboxylic acids is 3. The lowest BCUT2D eigenvalue weighted by Gasteiger charge is -2.43. The number of aliphatic hydroxyl groups excluding tert-OH is 1. The van der Waals surface area contributed by atoms with Crippen molar-refractivity contribution >= 4 is 17.7 Å². The third-order valence-electron chi connectivity index (χ3n) is 13.5. The Bertz CT molecular complexity index is 1640. The van der Waals surface area contributed by atoms with Crippen LogP contribution < -0.4 is 17.7 Å². The zero-order valence-corrected chi connectivity index (χ0v) is 35.2. The molecule has 0 spiro atoms. The molecule has 0 unspecified atom stereocenters. The molecular weight excluding hydrogens is 720 g/mol. The van der Waals surface area contributed by atoms with Gasteiger partial charge >= 0.3 is 0 Å². The molecule has 3 aromatic carbocycles. The van der Waals surface area contributed by atoms with E-state index in [0.717, 1.165) is 72.9 Å². The van der Waals surface area contributed by atoms with E-state index in [0.29, 0.717) is 25.4 Å². The van der Waals surface area contributed by atoms with Crippen LogP contribution in [-0.2, 0) is 39.1 Å². The number of likely N-dealkylation sites (tertiary alicyclic amines) is 3. The number of benzene rings is 3. The lowest BCUT2D eigenvalue weighted by atomic mass is 9.66. The normalized spacial score (nSPS) is 22.1. The molecule has 3 fully saturated rings. The van der Waals surface area contributed by atoms with E-state index in [1.807, 2.05) is 0 Å². The van der Waals surface area contributed by atoms with Gasteiger partial charge in [0.2, 0.25) is 17.7 Å². The molecule has 56 heavy (non-hydrogen) atoms. The molecule has 3 heterocycles. The fraction of sp³-hybridized carbons (Fsp3) is 0.553. The Morgan fingerprint density at radius 3 is 1.73 bits per heavy atom. The van der Waals surface area contributed by atoms with Crippen LogP contribution in [0.1, 0.15) is 107 Å². The highest BCUT2D eigenvalue weighted by atomic mass is 35.5. The fourth-order valence-electron chi connectivity index (χ4n) is 9.80. The first-order valence-corrected chi connectivity index (χ1v) is 21.3. The summed E-state index contributed by atoms with van der Waals surface area (Å²) in [5.74, 6) is -0.0829. The van der Waals surface area contributed by atoms with E-state index in [1.165, 1.54) is 29.7 Å². The summed E-state index contributed by atoms with van der Waals surface area (Å²) < 4.78 is 1.10. The van der Waals surface area contributed by atoms with E-state index < -0.39 is 23.6 Å². The Labute approximate surface area is 342 Å². The number of carbonyl (C=O) groups is 3. The van der Waals surface area contributed by atoms with Gasteiger partial charge in [-0.3, -0.25) is 14.4 Å². The number of rotatable bonds is 14. The highest BCUT2D eigenvalue weighted by Gasteiger charge is 2.47. The monoisotopic (exact) mass is 784 g/mol. The number of quaternary nitrogens is 1. The smallest absolute Gasteiger partial charge is 0.246 e. The topological polar surface area (TPSA) is 90.0 Å². The number of nitrogens with zero attached hydrogens (tertiary/aromatic N) is 3. The van der Waals surface area contributed by atoms with Gasteiger partial charge < -0.3 is 37.1 Å². The second-order valence-corrected chi connectivity index (χ2v) is 16.5. The van der Waals surface area contributed by atoms with Gasteiger partial charge in [-0.25, -0.2) is 0 Å². The summed E-state index contributed by atoms with van der Waals surface area (Å²) in [5.41, 5.74) is 5.85. The van der Waals surface area contributed by atoms with Crippen LogP contribution in [0.3, 0.4) is 0 Å². The van der Waals surface area contributed by atoms with Crippen molar-refractivity contribution in [3.63, 3.8) is 0 Å². The maximum Gasteiger partial charge on any atom is 0.246 e.